The zero-order valence-electron chi connectivity index (χ0n) is 13.4. The molecule has 0 spiro atoms. The molecule has 0 amide bonds. The van der Waals surface area contributed by atoms with Crippen LogP contribution < -0.4 is 5.32 Å². The Morgan fingerprint density at radius 1 is 1.17 bits per heavy atom. The van der Waals surface area contributed by atoms with Crippen LogP contribution in [0.25, 0.3) is 0 Å². The van der Waals surface area contributed by atoms with E-state index in [1.807, 2.05) is 43.3 Å². The molecule has 0 aliphatic heterocycles. The van der Waals surface area contributed by atoms with Gasteiger partial charge in [-0.15, -0.1) is 0 Å². The summed E-state index contributed by atoms with van der Waals surface area (Å²) in [5, 5.41) is 4.69. The topological polar surface area (TPSA) is 24.5 Å². The van der Waals surface area contributed by atoms with Crippen molar-refractivity contribution in [3.05, 3.63) is 64.7 Å². The molecule has 122 valence electrons. The number of anilines is 1. The van der Waals surface area contributed by atoms with Crippen LogP contribution in [0, 0.1) is 6.92 Å². The first-order valence-electron chi connectivity index (χ1n) is 7.45. The lowest BCUT2D eigenvalue weighted by Crippen LogP contribution is -2.36. The quantitative estimate of drug-likeness (QED) is 0.777. The number of benzene rings is 2. The first kappa shape index (κ1) is 17.7. The van der Waals surface area contributed by atoms with Crippen LogP contribution in [-0.4, -0.2) is 30.3 Å². The summed E-state index contributed by atoms with van der Waals surface area (Å²) in [5.41, 5.74) is 3.12. The minimum absolute atomic E-state index is 0.614. The van der Waals surface area contributed by atoms with Crippen molar-refractivity contribution < 1.29 is 4.74 Å². The molecule has 0 aromatic heterocycles. The normalized spacial score (nSPS) is 10.4. The molecule has 0 fully saturated rings. The number of rotatable bonds is 6. The summed E-state index contributed by atoms with van der Waals surface area (Å²) in [6, 6.07) is 16.0. The van der Waals surface area contributed by atoms with Crippen molar-refractivity contribution in [2.24, 2.45) is 0 Å². The van der Waals surface area contributed by atoms with Gasteiger partial charge in [-0.2, -0.15) is 0 Å². The molecule has 2 rings (SSSR count). The predicted molar refractivity (Wildman–Crippen MR) is 101 cm³/mol. The van der Waals surface area contributed by atoms with Gasteiger partial charge < -0.3 is 15.0 Å². The van der Waals surface area contributed by atoms with Gasteiger partial charge in [0.2, 0.25) is 0 Å². The second-order valence-corrected chi connectivity index (χ2v) is 6.04. The van der Waals surface area contributed by atoms with E-state index < -0.39 is 0 Å². The van der Waals surface area contributed by atoms with E-state index >= 15 is 0 Å². The zero-order chi connectivity index (χ0) is 16.7. The van der Waals surface area contributed by atoms with Crippen molar-refractivity contribution in [1.29, 1.82) is 0 Å². The van der Waals surface area contributed by atoms with Gasteiger partial charge in [0.15, 0.2) is 5.11 Å². The van der Waals surface area contributed by atoms with Crippen LogP contribution in [0.4, 0.5) is 5.69 Å². The Morgan fingerprint density at radius 2 is 1.91 bits per heavy atom. The summed E-state index contributed by atoms with van der Waals surface area (Å²) >= 11 is 11.8. The van der Waals surface area contributed by atoms with Crippen molar-refractivity contribution in [3.8, 4) is 0 Å². The fourth-order valence-corrected chi connectivity index (χ4v) is 2.64. The van der Waals surface area contributed by atoms with Crippen LogP contribution in [0.3, 0.4) is 0 Å². The highest BCUT2D eigenvalue weighted by Gasteiger charge is 2.12. The van der Waals surface area contributed by atoms with E-state index in [1.54, 1.807) is 7.11 Å². The van der Waals surface area contributed by atoms with Crippen molar-refractivity contribution in [2.45, 2.75) is 13.5 Å². The van der Waals surface area contributed by atoms with E-state index in [2.05, 4.69) is 22.3 Å². The second kappa shape index (κ2) is 8.87. The molecule has 5 heteroatoms. The molecule has 2 aromatic carbocycles. The molecule has 0 radical (unpaired) electrons. The Hall–Kier alpha value is -1.62. The molecule has 1 N–H and O–H groups in total. The van der Waals surface area contributed by atoms with E-state index in [9.17, 15) is 0 Å². The average molecular weight is 349 g/mol. The number of nitrogens with zero attached hydrogens (tertiary/aromatic N) is 1. The van der Waals surface area contributed by atoms with Crippen molar-refractivity contribution in [3.63, 3.8) is 0 Å². The van der Waals surface area contributed by atoms with E-state index in [0.717, 1.165) is 29.4 Å². The second-order valence-electron chi connectivity index (χ2n) is 5.24. The third-order valence-electron chi connectivity index (χ3n) is 3.58. The van der Waals surface area contributed by atoms with Crippen molar-refractivity contribution >= 4 is 34.6 Å². The van der Waals surface area contributed by atoms with Gasteiger partial charge in [-0.1, -0.05) is 48.0 Å². The average Bonchev–Trinajstić information content (AvgIpc) is 2.56. The van der Waals surface area contributed by atoms with Crippen LogP contribution in [0.2, 0.25) is 5.02 Å². The van der Waals surface area contributed by atoms with Gasteiger partial charge in [0.25, 0.3) is 0 Å². The molecule has 0 unspecified atom stereocenters. The van der Waals surface area contributed by atoms with Gasteiger partial charge >= 0.3 is 0 Å². The molecule has 23 heavy (non-hydrogen) atoms. The molecule has 0 bridgehead atoms. The summed E-state index contributed by atoms with van der Waals surface area (Å²) in [6.07, 6.45) is 0. The maximum atomic E-state index is 6.17. The SMILES string of the molecule is COCCN(Cc1ccccc1)C(=S)Nc1cccc(Cl)c1C. The molecule has 2 aromatic rings. The van der Waals surface area contributed by atoms with Gasteiger partial charge in [0, 0.05) is 30.9 Å². The zero-order valence-corrected chi connectivity index (χ0v) is 15.0. The summed E-state index contributed by atoms with van der Waals surface area (Å²) in [7, 11) is 1.69. The lowest BCUT2D eigenvalue weighted by molar-refractivity contribution is 0.175. The number of hydrogen-bond donors (Lipinski definition) is 1. The van der Waals surface area contributed by atoms with Gasteiger partial charge in [-0.05, 0) is 42.4 Å². The Balaban J connectivity index is 2.11. The van der Waals surface area contributed by atoms with Crippen LogP contribution in [0.15, 0.2) is 48.5 Å². The number of halogens is 1. The summed E-state index contributed by atoms with van der Waals surface area (Å²) < 4.78 is 5.20. The maximum Gasteiger partial charge on any atom is 0.173 e. The molecule has 3 nitrogen and oxygen atoms in total. The Kier molecular flexibility index (Phi) is 6.84. The molecule has 0 saturated heterocycles. The molecular weight excluding hydrogens is 328 g/mol. The molecule has 0 atom stereocenters. The van der Waals surface area contributed by atoms with Crippen LogP contribution >= 0.6 is 23.8 Å². The van der Waals surface area contributed by atoms with Crippen molar-refractivity contribution in [1.82, 2.24) is 4.90 Å². The Morgan fingerprint density at radius 3 is 2.61 bits per heavy atom. The third kappa shape index (κ3) is 5.20. The monoisotopic (exact) mass is 348 g/mol. The maximum absolute atomic E-state index is 6.17. The van der Waals surface area contributed by atoms with Gasteiger partial charge in [-0.25, -0.2) is 0 Å². The molecule has 0 heterocycles. The van der Waals surface area contributed by atoms with Crippen LogP contribution in [0.5, 0.6) is 0 Å². The molecule has 0 aliphatic rings. The number of ether oxygens (including phenoxy) is 1. The summed E-state index contributed by atoms with van der Waals surface area (Å²) in [6.45, 7) is 4.04. The summed E-state index contributed by atoms with van der Waals surface area (Å²) in [4.78, 5) is 2.09. The first-order valence-corrected chi connectivity index (χ1v) is 8.24. The lowest BCUT2D eigenvalue weighted by Gasteiger charge is -2.26. The van der Waals surface area contributed by atoms with E-state index in [4.69, 9.17) is 28.6 Å². The van der Waals surface area contributed by atoms with Gasteiger partial charge in [-0.3, -0.25) is 0 Å². The summed E-state index contributed by atoms with van der Waals surface area (Å²) in [5.74, 6) is 0. The highest BCUT2D eigenvalue weighted by molar-refractivity contribution is 7.80. The third-order valence-corrected chi connectivity index (χ3v) is 4.35. The van der Waals surface area contributed by atoms with E-state index in [1.165, 1.54) is 5.56 Å². The highest BCUT2D eigenvalue weighted by Crippen LogP contribution is 2.23. The fraction of sp³-hybridized carbons (Fsp3) is 0.278. The lowest BCUT2D eigenvalue weighted by atomic mass is 10.2. The fourth-order valence-electron chi connectivity index (χ4n) is 2.19. The van der Waals surface area contributed by atoms with Crippen LogP contribution in [0.1, 0.15) is 11.1 Å². The minimum atomic E-state index is 0.614. The highest BCUT2D eigenvalue weighted by atomic mass is 35.5. The van der Waals surface area contributed by atoms with Gasteiger partial charge in [0.05, 0.1) is 6.61 Å². The minimum Gasteiger partial charge on any atom is -0.383 e. The van der Waals surface area contributed by atoms with Gasteiger partial charge in [0.1, 0.15) is 0 Å². The standard InChI is InChI=1S/C18H21ClN2OS/c1-14-16(19)9-6-10-17(14)20-18(23)21(11-12-22-2)13-15-7-4-3-5-8-15/h3-10H,11-13H2,1-2H3,(H,20,23). The first-order chi connectivity index (χ1) is 11.1. The Bertz CT molecular complexity index is 649. The molecule has 0 saturated carbocycles. The number of hydrogen-bond acceptors (Lipinski definition) is 2. The molecule has 0 aliphatic carbocycles. The van der Waals surface area contributed by atoms with E-state index in [-0.39, 0.29) is 0 Å². The number of nitrogens with one attached hydrogen (secondary N) is 1. The largest absolute Gasteiger partial charge is 0.383 e. The predicted octanol–water partition coefficient (Wildman–Crippen LogP) is 4.49. The van der Waals surface area contributed by atoms with Crippen molar-refractivity contribution in [2.75, 3.05) is 25.6 Å². The smallest absolute Gasteiger partial charge is 0.173 e. The van der Waals surface area contributed by atoms with E-state index in [0.29, 0.717) is 11.7 Å². The Labute approximate surface area is 148 Å². The number of methoxy groups -OCH3 is 1. The number of thiocarbonyl (C=S) groups is 1. The van der Waals surface area contributed by atoms with Crippen LogP contribution in [-0.2, 0) is 11.3 Å². The molecular formula is C18H21ClN2OS.